The van der Waals surface area contributed by atoms with E-state index in [9.17, 15) is 8.42 Å². The highest BCUT2D eigenvalue weighted by Crippen LogP contribution is 2.23. The average Bonchev–Trinajstić information content (AvgIpc) is 2.74. The maximum absolute atomic E-state index is 12.8. The van der Waals surface area contributed by atoms with Gasteiger partial charge in [-0.2, -0.15) is 4.31 Å². The molecule has 0 unspecified atom stereocenters. The maximum atomic E-state index is 12.8. The number of hydrogen-bond donors (Lipinski definition) is 0. The average molecular weight is 452 g/mol. The number of rotatable bonds is 5. The Balaban J connectivity index is 1.42. The number of benzene rings is 1. The molecule has 162 valence electrons. The zero-order valence-corrected chi connectivity index (χ0v) is 18.6. The first-order valence-electron chi connectivity index (χ1n) is 10.1. The van der Waals surface area contributed by atoms with E-state index >= 15 is 0 Å². The van der Waals surface area contributed by atoms with Gasteiger partial charge < -0.3 is 14.5 Å². The molecule has 0 N–H and O–H groups in total. The van der Waals surface area contributed by atoms with Crippen molar-refractivity contribution >= 4 is 33.3 Å². The molecule has 0 bridgehead atoms. The van der Waals surface area contributed by atoms with E-state index in [1.807, 2.05) is 13.0 Å². The van der Waals surface area contributed by atoms with Gasteiger partial charge in [-0.25, -0.2) is 18.4 Å². The van der Waals surface area contributed by atoms with E-state index in [2.05, 4.69) is 19.8 Å². The van der Waals surface area contributed by atoms with Crippen molar-refractivity contribution in [3.63, 3.8) is 0 Å². The summed E-state index contributed by atoms with van der Waals surface area (Å²) in [6.45, 7) is 6.94. The number of nitrogens with zero attached hydrogens (tertiary/aromatic N) is 5. The van der Waals surface area contributed by atoms with E-state index in [0.717, 1.165) is 24.7 Å². The highest BCUT2D eigenvalue weighted by molar-refractivity contribution is 7.88. The summed E-state index contributed by atoms with van der Waals surface area (Å²) in [5, 5.41) is 0.544. The number of hydrogen-bond acceptors (Lipinski definition) is 7. The summed E-state index contributed by atoms with van der Waals surface area (Å²) < 4.78 is 32.7. The molecule has 3 heterocycles. The predicted octanol–water partition coefficient (Wildman–Crippen LogP) is 1.93. The number of sulfonamides is 1. The summed E-state index contributed by atoms with van der Waals surface area (Å²) in [6, 6.07) is 9.00. The van der Waals surface area contributed by atoms with Crippen molar-refractivity contribution < 1.29 is 13.2 Å². The van der Waals surface area contributed by atoms with Crippen LogP contribution in [0.5, 0.6) is 0 Å². The molecule has 0 atom stereocenters. The van der Waals surface area contributed by atoms with Crippen molar-refractivity contribution in [3.8, 4) is 0 Å². The molecule has 0 aliphatic carbocycles. The van der Waals surface area contributed by atoms with E-state index < -0.39 is 10.0 Å². The second-order valence-electron chi connectivity index (χ2n) is 7.50. The van der Waals surface area contributed by atoms with Gasteiger partial charge in [0.1, 0.15) is 17.5 Å². The zero-order valence-electron chi connectivity index (χ0n) is 17.0. The van der Waals surface area contributed by atoms with Gasteiger partial charge in [-0.3, -0.25) is 0 Å². The predicted molar refractivity (Wildman–Crippen MR) is 118 cm³/mol. The first-order chi connectivity index (χ1) is 14.4. The molecule has 0 saturated carbocycles. The third-order valence-electron chi connectivity index (χ3n) is 5.34. The molecule has 4 rings (SSSR count). The smallest absolute Gasteiger partial charge is 0.218 e. The quantitative estimate of drug-likeness (QED) is 0.687. The molecule has 0 spiro atoms. The van der Waals surface area contributed by atoms with Crippen LogP contribution in [0.15, 0.2) is 30.3 Å². The van der Waals surface area contributed by atoms with Crippen LogP contribution < -0.4 is 9.80 Å². The van der Waals surface area contributed by atoms with Gasteiger partial charge in [0.25, 0.3) is 0 Å². The van der Waals surface area contributed by atoms with Crippen LogP contribution in [0.2, 0.25) is 5.02 Å². The molecule has 8 nitrogen and oxygen atoms in total. The molecule has 0 radical (unpaired) electrons. The third kappa shape index (κ3) is 5.03. The second kappa shape index (κ2) is 9.05. The fraction of sp³-hybridized carbons (Fsp3) is 0.500. The molecular weight excluding hydrogens is 426 g/mol. The highest BCUT2D eigenvalue weighted by atomic mass is 35.5. The Kier molecular flexibility index (Phi) is 6.43. The number of piperazine rings is 1. The minimum atomic E-state index is -3.40. The van der Waals surface area contributed by atoms with Crippen LogP contribution >= 0.6 is 11.6 Å². The van der Waals surface area contributed by atoms with Gasteiger partial charge in [0.15, 0.2) is 0 Å². The van der Waals surface area contributed by atoms with Crippen molar-refractivity contribution in [2.75, 3.05) is 62.3 Å². The summed E-state index contributed by atoms with van der Waals surface area (Å²) in [5.74, 6) is 2.42. The van der Waals surface area contributed by atoms with E-state index in [4.69, 9.17) is 16.3 Å². The Hall–Kier alpha value is -1.94. The standard InChI is InChI=1S/C20H26ClN5O3S/c1-16-22-19(14-20(23-16)25-9-11-29-12-10-25)24-5-7-26(8-6-24)30(27,28)15-17-3-2-4-18(21)13-17/h2-4,13-14H,5-12,15H2,1H3. The lowest BCUT2D eigenvalue weighted by Gasteiger charge is -2.35. The fourth-order valence-corrected chi connectivity index (χ4v) is 5.49. The minimum Gasteiger partial charge on any atom is -0.378 e. The van der Waals surface area contributed by atoms with Gasteiger partial charge in [0.05, 0.1) is 19.0 Å². The Morgan fingerprint density at radius 2 is 1.60 bits per heavy atom. The van der Waals surface area contributed by atoms with E-state index in [-0.39, 0.29) is 5.75 Å². The lowest BCUT2D eigenvalue weighted by molar-refractivity contribution is 0.122. The minimum absolute atomic E-state index is 0.0403. The van der Waals surface area contributed by atoms with Crippen LogP contribution in [0.25, 0.3) is 0 Å². The Morgan fingerprint density at radius 3 is 2.23 bits per heavy atom. The molecule has 1 aromatic heterocycles. The van der Waals surface area contributed by atoms with Gasteiger partial charge in [0, 0.05) is 50.4 Å². The van der Waals surface area contributed by atoms with Crippen molar-refractivity contribution in [3.05, 3.63) is 46.7 Å². The molecular formula is C20H26ClN5O3S. The fourth-order valence-electron chi connectivity index (χ4n) is 3.78. The normalized spacial score (nSPS) is 18.6. The number of aryl methyl sites for hydroxylation is 1. The van der Waals surface area contributed by atoms with Gasteiger partial charge in [-0.1, -0.05) is 23.7 Å². The lowest BCUT2D eigenvalue weighted by Crippen LogP contribution is -2.49. The van der Waals surface area contributed by atoms with Gasteiger partial charge in [0.2, 0.25) is 10.0 Å². The van der Waals surface area contributed by atoms with E-state index in [0.29, 0.717) is 55.8 Å². The largest absolute Gasteiger partial charge is 0.378 e. The SMILES string of the molecule is Cc1nc(N2CCOCC2)cc(N2CCN(S(=O)(=O)Cc3cccc(Cl)c3)CC2)n1. The van der Waals surface area contributed by atoms with Crippen LogP contribution in [-0.2, 0) is 20.5 Å². The number of morpholine rings is 1. The number of halogens is 1. The molecule has 2 fully saturated rings. The van der Waals surface area contributed by atoms with E-state index in [1.165, 1.54) is 0 Å². The van der Waals surface area contributed by atoms with E-state index in [1.54, 1.807) is 28.6 Å². The molecule has 10 heteroatoms. The third-order valence-corrected chi connectivity index (χ3v) is 7.43. The molecule has 2 aromatic rings. The van der Waals surface area contributed by atoms with Crippen LogP contribution in [0.3, 0.4) is 0 Å². The summed E-state index contributed by atoms with van der Waals surface area (Å²) >= 11 is 5.99. The second-order valence-corrected chi connectivity index (χ2v) is 9.91. The highest BCUT2D eigenvalue weighted by Gasteiger charge is 2.28. The topological polar surface area (TPSA) is 78.9 Å². The van der Waals surface area contributed by atoms with Crippen molar-refractivity contribution in [2.24, 2.45) is 0 Å². The number of aromatic nitrogens is 2. The maximum Gasteiger partial charge on any atom is 0.218 e. The Bertz CT molecular complexity index is 990. The molecule has 2 saturated heterocycles. The summed E-state index contributed by atoms with van der Waals surface area (Å²) in [4.78, 5) is 13.5. The summed E-state index contributed by atoms with van der Waals surface area (Å²) in [7, 11) is -3.40. The molecule has 30 heavy (non-hydrogen) atoms. The monoisotopic (exact) mass is 451 g/mol. The van der Waals surface area contributed by atoms with Crippen LogP contribution in [0.1, 0.15) is 11.4 Å². The van der Waals surface area contributed by atoms with Gasteiger partial charge in [-0.05, 0) is 24.6 Å². The lowest BCUT2D eigenvalue weighted by atomic mass is 10.2. The number of ether oxygens (including phenoxy) is 1. The van der Waals surface area contributed by atoms with Crippen LogP contribution in [0.4, 0.5) is 11.6 Å². The molecule has 0 amide bonds. The van der Waals surface area contributed by atoms with Gasteiger partial charge >= 0.3 is 0 Å². The first kappa shape index (κ1) is 21.3. The van der Waals surface area contributed by atoms with Crippen LogP contribution in [0, 0.1) is 6.92 Å². The van der Waals surface area contributed by atoms with Crippen LogP contribution in [-0.4, -0.2) is 75.2 Å². The van der Waals surface area contributed by atoms with Gasteiger partial charge in [-0.15, -0.1) is 0 Å². The van der Waals surface area contributed by atoms with Crippen molar-refractivity contribution in [2.45, 2.75) is 12.7 Å². The Morgan fingerprint density at radius 1 is 0.967 bits per heavy atom. The summed E-state index contributed by atoms with van der Waals surface area (Å²) in [6.07, 6.45) is 0. The first-order valence-corrected chi connectivity index (χ1v) is 12.0. The molecule has 1 aromatic carbocycles. The van der Waals surface area contributed by atoms with Crippen molar-refractivity contribution in [1.29, 1.82) is 0 Å². The zero-order chi connectivity index (χ0) is 21.1. The number of anilines is 2. The summed E-state index contributed by atoms with van der Waals surface area (Å²) in [5.41, 5.74) is 0.700. The van der Waals surface area contributed by atoms with Crippen molar-refractivity contribution in [1.82, 2.24) is 14.3 Å². The Labute approximate surface area is 182 Å². The molecule has 2 aliphatic rings. The molecule has 2 aliphatic heterocycles.